The highest BCUT2D eigenvalue weighted by atomic mass is 16.5. The van der Waals surface area contributed by atoms with Crippen LogP contribution >= 0.6 is 0 Å². The largest absolute Gasteiger partial charge is 0.352 e. The van der Waals surface area contributed by atoms with Gasteiger partial charge in [0.1, 0.15) is 0 Å². The van der Waals surface area contributed by atoms with E-state index in [9.17, 15) is 9.59 Å². The number of hydroxylamine groups is 1. The van der Waals surface area contributed by atoms with E-state index in [1.807, 2.05) is 0 Å². The van der Waals surface area contributed by atoms with Gasteiger partial charge in [0.2, 0.25) is 5.91 Å². The summed E-state index contributed by atoms with van der Waals surface area (Å²) in [4.78, 5) is 25.7. The first kappa shape index (κ1) is 15.7. The number of hydrogen-bond acceptors (Lipinski definition) is 3. The third kappa shape index (κ3) is 5.50. The van der Waals surface area contributed by atoms with Crippen LogP contribution in [-0.4, -0.2) is 23.6 Å². The van der Waals surface area contributed by atoms with Crippen LogP contribution in [-0.2, 0) is 4.79 Å². The van der Waals surface area contributed by atoms with Gasteiger partial charge in [0.15, 0.2) is 5.69 Å². The molecule has 0 aliphatic rings. The quantitative estimate of drug-likeness (QED) is 0.308. The van der Waals surface area contributed by atoms with Crippen molar-refractivity contribution in [3.05, 3.63) is 41.2 Å². The maximum atomic E-state index is 11.7. The molecule has 0 aliphatic heterocycles. The number of carbonyl (C=O) groups is 2. The number of rotatable bonds is 7. The van der Waals surface area contributed by atoms with E-state index < -0.39 is 5.91 Å². The monoisotopic (exact) mass is 275 g/mol. The summed E-state index contributed by atoms with van der Waals surface area (Å²) < 4.78 is 0. The first-order chi connectivity index (χ1) is 9.67. The van der Waals surface area contributed by atoms with Gasteiger partial charge in [-0.15, -0.1) is 0 Å². The lowest BCUT2D eigenvalue weighted by atomic mass is 10.1. The lowest BCUT2D eigenvalue weighted by molar-refractivity contribution is -0.129. The van der Waals surface area contributed by atoms with E-state index in [1.54, 1.807) is 29.7 Å². The lowest BCUT2D eigenvalue weighted by Gasteiger charge is -2.05. The average Bonchev–Trinajstić information content (AvgIpc) is 2.50. The molecule has 0 atom stereocenters. The number of unbranched alkanes of at least 4 members (excludes halogenated alkanes) is 2. The Morgan fingerprint density at radius 2 is 1.85 bits per heavy atom. The Balaban J connectivity index is 2.20. The Morgan fingerprint density at radius 1 is 1.15 bits per heavy atom. The number of nitrogens with one attached hydrogen (secondary N) is 2. The molecule has 2 amide bonds. The van der Waals surface area contributed by atoms with Gasteiger partial charge in [0.25, 0.3) is 5.91 Å². The highest BCUT2D eigenvalue weighted by molar-refractivity contribution is 5.94. The summed E-state index contributed by atoms with van der Waals surface area (Å²) in [6.07, 6.45) is 2.51. The Kier molecular flexibility index (Phi) is 6.79. The molecule has 0 spiro atoms. The summed E-state index contributed by atoms with van der Waals surface area (Å²) in [7, 11) is 0. The molecule has 20 heavy (non-hydrogen) atoms. The van der Waals surface area contributed by atoms with Crippen molar-refractivity contribution in [3.63, 3.8) is 0 Å². The summed E-state index contributed by atoms with van der Waals surface area (Å²) in [6.45, 7) is 7.35. The fourth-order valence-electron chi connectivity index (χ4n) is 1.63. The predicted octanol–water partition coefficient (Wildman–Crippen LogP) is 2.03. The Bertz CT molecular complexity index is 491. The summed E-state index contributed by atoms with van der Waals surface area (Å²) >= 11 is 0. The molecule has 1 aromatic rings. The van der Waals surface area contributed by atoms with Crippen LogP contribution in [0.5, 0.6) is 0 Å². The van der Waals surface area contributed by atoms with Crippen molar-refractivity contribution < 1.29 is 14.8 Å². The normalized spacial score (nSPS) is 9.60. The van der Waals surface area contributed by atoms with Gasteiger partial charge in [-0.1, -0.05) is 30.7 Å². The highest BCUT2D eigenvalue weighted by Gasteiger charge is 2.04. The number of hydrogen-bond donors (Lipinski definition) is 3. The van der Waals surface area contributed by atoms with Crippen LogP contribution < -0.4 is 10.8 Å². The molecular weight excluding hydrogens is 258 g/mol. The minimum absolute atomic E-state index is 0.172. The summed E-state index contributed by atoms with van der Waals surface area (Å²) in [6, 6.07) is 6.45. The third-order valence-corrected chi connectivity index (χ3v) is 2.75. The van der Waals surface area contributed by atoms with Crippen LogP contribution in [0.15, 0.2) is 24.3 Å². The third-order valence-electron chi connectivity index (χ3n) is 2.75. The zero-order valence-corrected chi connectivity index (χ0v) is 11.1. The molecule has 0 bridgehead atoms. The minimum atomic E-state index is -0.395. The maximum Gasteiger partial charge on any atom is 0.251 e. The molecule has 1 aromatic carbocycles. The van der Waals surface area contributed by atoms with E-state index in [1.165, 1.54) is 0 Å². The molecular formula is C14H17N3O3. The molecule has 0 heterocycles. The Labute approximate surface area is 117 Å². The van der Waals surface area contributed by atoms with Crippen molar-refractivity contribution in [1.29, 1.82) is 0 Å². The molecule has 0 aromatic heterocycles. The molecule has 1 rings (SSSR count). The molecule has 0 radical (unpaired) electrons. The van der Waals surface area contributed by atoms with Gasteiger partial charge in [-0.3, -0.25) is 14.8 Å². The van der Waals surface area contributed by atoms with Crippen molar-refractivity contribution in [2.45, 2.75) is 25.7 Å². The Morgan fingerprint density at radius 3 is 2.45 bits per heavy atom. The number of benzene rings is 1. The van der Waals surface area contributed by atoms with Crippen molar-refractivity contribution in [2.75, 3.05) is 6.54 Å². The first-order valence-corrected chi connectivity index (χ1v) is 6.36. The van der Waals surface area contributed by atoms with E-state index in [0.717, 1.165) is 12.8 Å². The molecule has 0 unspecified atom stereocenters. The van der Waals surface area contributed by atoms with Gasteiger partial charge in [-0.2, -0.15) is 0 Å². The first-order valence-electron chi connectivity index (χ1n) is 6.36. The standard InChI is InChI=1S/C14H17N3O3/c1-15-12-8-6-11(7-9-12)14(19)16-10-4-2-3-5-13(18)17-20/h6-9,20H,2-5,10H2,(H,16,19)(H,17,18). The second kappa shape index (κ2) is 8.67. The van der Waals surface area contributed by atoms with Gasteiger partial charge in [-0.05, 0) is 12.8 Å². The molecule has 0 saturated carbocycles. The predicted molar refractivity (Wildman–Crippen MR) is 73.4 cm³/mol. The molecule has 0 aliphatic carbocycles. The van der Waals surface area contributed by atoms with E-state index >= 15 is 0 Å². The van der Waals surface area contributed by atoms with Crippen LogP contribution in [0.25, 0.3) is 4.85 Å². The molecule has 106 valence electrons. The molecule has 6 nitrogen and oxygen atoms in total. The second-order valence-electron chi connectivity index (χ2n) is 4.26. The number of carbonyl (C=O) groups excluding carboxylic acids is 2. The second-order valence-corrected chi connectivity index (χ2v) is 4.26. The van der Waals surface area contributed by atoms with Crippen molar-refractivity contribution in [1.82, 2.24) is 10.8 Å². The Hall–Kier alpha value is -2.39. The fraction of sp³-hybridized carbons (Fsp3) is 0.357. The smallest absolute Gasteiger partial charge is 0.251 e. The zero-order chi connectivity index (χ0) is 14.8. The SMILES string of the molecule is [C-]#[N+]c1ccc(C(=O)NCCCCCC(=O)NO)cc1. The van der Waals surface area contributed by atoms with Gasteiger partial charge >= 0.3 is 0 Å². The van der Waals surface area contributed by atoms with Crippen molar-refractivity contribution in [3.8, 4) is 0 Å². The maximum absolute atomic E-state index is 11.7. The van der Waals surface area contributed by atoms with Crippen LogP contribution in [0, 0.1) is 6.57 Å². The zero-order valence-electron chi connectivity index (χ0n) is 11.1. The summed E-state index contributed by atoms with van der Waals surface area (Å²) in [5.74, 6) is -0.566. The number of nitrogens with zero attached hydrogens (tertiary/aromatic N) is 1. The summed E-state index contributed by atoms with van der Waals surface area (Å²) in [5, 5.41) is 11.1. The van der Waals surface area contributed by atoms with E-state index in [-0.39, 0.29) is 12.3 Å². The number of amides is 2. The van der Waals surface area contributed by atoms with E-state index in [4.69, 9.17) is 11.8 Å². The highest BCUT2D eigenvalue weighted by Crippen LogP contribution is 2.12. The van der Waals surface area contributed by atoms with Crippen molar-refractivity contribution >= 4 is 17.5 Å². The minimum Gasteiger partial charge on any atom is -0.352 e. The van der Waals surface area contributed by atoms with Gasteiger partial charge in [-0.25, -0.2) is 10.3 Å². The van der Waals surface area contributed by atoms with Crippen LogP contribution in [0.1, 0.15) is 36.0 Å². The molecule has 6 heteroatoms. The van der Waals surface area contributed by atoms with Crippen molar-refractivity contribution in [2.24, 2.45) is 0 Å². The molecule has 0 saturated heterocycles. The summed E-state index contributed by atoms with van der Waals surface area (Å²) in [5.41, 5.74) is 2.60. The van der Waals surface area contributed by atoms with Gasteiger partial charge in [0, 0.05) is 18.5 Å². The van der Waals surface area contributed by atoms with Crippen LogP contribution in [0.3, 0.4) is 0 Å². The molecule has 3 N–H and O–H groups in total. The lowest BCUT2D eigenvalue weighted by Crippen LogP contribution is -2.24. The fourth-order valence-corrected chi connectivity index (χ4v) is 1.63. The van der Waals surface area contributed by atoms with Crippen LogP contribution in [0.4, 0.5) is 5.69 Å². The van der Waals surface area contributed by atoms with Gasteiger partial charge in [0.05, 0.1) is 6.57 Å². The van der Waals surface area contributed by atoms with Gasteiger partial charge < -0.3 is 5.32 Å². The molecule has 0 fully saturated rings. The van der Waals surface area contributed by atoms with Crippen LogP contribution in [0.2, 0.25) is 0 Å². The average molecular weight is 275 g/mol. The topological polar surface area (TPSA) is 82.8 Å². The van der Waals surface area contributed by atoms with E-state index in [2.05, 4.69) is 10.2 Å². The van der Waals surface area contributed by atoms with E-state index in [0.29, 0.717) is 24.2 Å².